The summed E-state index contributed by atoms with van der Waals surface area (Å²) in [5, 5.41) is 10.3. The van der Waals surface area contributed by atoms with Crippen molar-refractivity contribution in [2.24, 2.45) is 0 Å². The normalized spacial score (nSPS) is 12.6. The van der Waals surface area contributed by atoms with Crippen molar-refractivity contribution in [3.05, 3.63) is 47.8 Å². The summed E-state index contributed by atoms with van der Waals surface area (Å²) in [5.74, 6) is 0.666. The van der Waals surface area contributed by atoms with E-state index < -0.39 is 6.43 Å². The summed E-state index contributed by atoms with van der Waals surface area (Å²) in [5.41, 5.74) is 0.273. The van der Waals surface area contributed by atoms with Gasteiger partial charge < -0.3 is 5.32 Å². The Morgan fingerprint density at radius 1 is 1.16 bits per heavy atom. The first kappa shape index (κ1) is 13.4. The highest BCUT2D eigenvalue weighted by Crippen LogP contribution is 2.14. The van der Waals surface area contributed by atoms with Gasteiger partial charge >= 0.3 is 0 Å². The molecule has 0 radical (unpaired) electrons. The number of nitrogens with zero attached hydrogens (tertiary/aromatic N) is 4. The molecule has 1 atom stereocenters. The van der Waals surface area contributed by atoms with Crippen LogP contribution in [0, 0.1) is 0 Å². The molecule has 2 rings (SSSR count). The SMILES string of the molecule is CC(NCc1ccc(C(F)F)nn1)c1ncccn1. The van der Waals surface area contributed by atoms with E-state index in [2.05, 4.69) is 25.5 Å². The Hall–Kier alpha value is -2.02. The molecule has 2 aromatic rings. The predicted molar refractivity (Wildman–Crippen MR) is 64.3 cm³/mol. The molecule has 0 fully saturated rings. The molecular weight excluding hydrogens is 252 g/mol. The van der Waals surface area contributed by atoms with E-state index in [4.69, 9.17) is 0 Å². The maximum Gasteiger partial charge on any atom is 0.282 e. The summed E-state index contributed by atoms with van der Waals surface area (Å²) in [6.45, 7) is 2.33. The van der Waals surface area contributed by atoms with Crippen molar-refractivity contribution >= 4 is 0 Å². The number of nitrogens with one attached hydrogen (secondary N) is 1. The first-order valence-electron chi connectivity index (χ1n) is 5.78. The summed E-state index contributed by atoms with van der Waals surface area (Å²) >= 11 is 0. The first-order valence-corrected chi connectivity index (χ1v) is 5.78. The van der Waals surface area contributed by atoms with Crippen LogP contribution in [-0.2, 0) is 6.54 Å². The summed E-state index contributed by atoms with van der Waals surface area (Å²) in [6.07, 6.45) is 0.737. The zero-order valence-electron chi connectivity index (χ0n) is 10.3. The van der Waals surface area contributed by atoms with Crippen LogP contribution < -0.4 is 5.32 Å². The van der Waals surface area contributed by atoms with E-state index in [0.29, 0.717) is 18.1 Å². The predicted octanol–water partition coefficient (Wildman–Crippen LogP) is 2.05. The molecule has 1 N–H and O–H groups in total. The maximum absolute atomic E-state index is 12.3. The summed E-state index contributed by atoms with van der Waals surface area (Å²) in [4.78, 5) is 8.24. The molecule has 7 heteroatoms. The van der Waals surface area contributed by atoms with Crippen molar-refractivity contribution in [2.45, 2.75) is 25.9 Å². The van der Waals surface area contributed by atoms with Crippen LogP contribution in [-0.4, -0.2) is 20.2 Å². The molecule has 0 aliphatic rings. The molecule has 0 aliphatic carbocycles. The highest BCUT2D eigenvalue weighted by molar-refractivity contribution is 5.08. The van der Waals surface area contributed by atoms with Crippen molar-refractivity contribution in [1.82, 2.24) is 25.5 Å². The van der Waals surface area contributed by atoms with Crippen LogP contribution in [0.1, 0.15) is 36.6 Å². The molecule has 2 aromatic heterocycles. The van der Waals surface area contributed by atoms with E-state index in [-0.39, 0.29) is 11.7 Å². The second-order valence-electron chi connectivity index (χ2n) is 3.96. The standard InChI is InChI=1S/C12H13F2N5/c1-8(12-15-5-2-6-16-12)17-7-9-3-4-10(11(13)14)19-18-9/h2-6,8,11,17H,7H2,1H3. The van der Waals surface area contributed by atoms with Crippen molar-refractivity contribution in [2.75, 3.05) is 0 Å². The number of halogens is 2. The van der Waals surface area contributed by atoms with Gasteiger partial charge in [0.15, 0.2) is 0 Å². The Labute approximate surface area is 109 Å². The molecule has 19 heavy (non-hydrogen) atoms. The lowest BCUT2D eigenvalue weighted by atomic mass is 10.3. The van der Waals surface area contributed by atoms with Gasteiger partial charge in [-0.25, -0.2) is 18.7 Å². The van der Waals surface area contributed by atoms with Gasteiger partial charge in [-0.15, -0.1) is 5.10 Å². The summed E-state index contributed by atoms with van der Waals surface area (Å²) in [6, 6.07) is 4.49. The fourth-order valence-electron chi connectivity index (χ4n) is 1.46. The van der Waals surface area contributed by atoms with Crippen LogP contribution in [0.15, 0.2) is 30.6 Å². The van der Waals surface area contributed by atoms with Crippen LogP contribution in [0.5, 0.6) is 0 Å². The zero-order valence-corrected chi connectivity index (χ0v) is 10.3. The van der Waals surface area contributed by atoms with E-state index in [1.165, 1.54) is 12.1 Å². The van der Waals surface area contributed by atoms with Crippen molar-refractivity contribution in [3.8, 4) is 0 Å². The van der Waals surface area contributed by atoms with Crippen LogP contribution in [0.25, 0.3) is 0 Å². The molecule has 100 valence electrons. The third-order valence-corrected chi connectivity index (χ3v) is 2.53. The molecule has 0 spiro atoms. The highest BCUT2D eigenvalue weighted by atomic mass is 19.3. The van der Waals surface area contributed by atoms with Gasteiger partial charge in [-0.2, -0.15) is 5.10 Å². The molecule has 0 aliphatic heterocycles. The molecule has 5 nitrogen and oxygen atoms in total. The summed E-state index contributed by atoms with van der Waals surface area (Å²) in [7, 11) is 0. The summed E-state index contributed by atoms with van der Waals surface area (Å²) < 4.78 is 24.6. The fourth-order valence-corrected chi connectivity index (χ4v) is 1.46. The van der Waals surface area contributed by atoms with E-state index >= 15 is 0 Å². The Kier molecular flexibility index (Phi) is 4.40. The number of alkyl halides is 2. The first-order chi connectivity index (χ1) is 9.16. The van der Waals surface area contributed by atoms with Gasteiger partial charge in [-0.3, -0.25) is 0 Å². The van der Waals surface area contributed by atoms with Crippen molar-refractivity contribution < 1.29 is 8.78 Å². The Balaban J connectivity index is 1.92. The molecule has 1 unspecified atom stereocenters. The average molecular weight is 265 g/mol. The minimum atomic E-state index is -2.59. The lowest BCUT2D eigenvalue weighted by molar-refractivity contribution is 0.144. The quantitative estimate of drug-likeness (QED) is 0.896. The second-order valence-corrected chi connectivity index (χ2v) is 3.96. The Morgan fingerprint density at radius 3 is 2.47 bits per heavy atom. The van der Waals surface area contributed by atoms with E-state index in [0.717, 1.165) is 0 Å². The third-order valence-electron chi connectivity index (χ3n) is 2.53. The van der Waals surface area contributed by atoms with Crippen LogP contribution in [0.3, 0.4) is 0 Å². The molecule has 2 heterocycles. The molecule has 0 saturated carbocycles. The van der Waals surface area contributed by atoms with E-state index in [1.807, 2.05) is 6.92 Å². The third kappa shape index (κ3) is 3.72. The highest BCUT2D eigenvalue weighted by Gasteiger charge is 2.10. The van der Waals surface area contributed by atoms with Gasteiger partial charge in [-0.05, 0) is 25.1 Å². The van der Waals surface area contributed by atoms with Gasteiger partial charge in [0, 0.05) is 18.9 Å². The maximum atomic E-state index is 12.3. The average Bonchev–Trinajstić information content (AvgIpc) is 2.46. The minimum absolute atomic E-state index is 0.0576. The lowest BCUT2D eigenvalue weighted by Crippen LogP contribution is -2.21. The lowest BCUT2D eigenvalue weighted by Gasteiger charge is -2.11. The second kappa shape index (κ2) is 6.24. The van der Waals surface area contributed by atoms with Crippen LogP contribution >= 0.6 is 0 Å². The minimum Gasteiger partial charge on any atom is -0.302 e. The number of aromatic nitrogens is 4. The largest absolute Gasteiger partial charge is 0.302 e. The van der Waals surface area contributed by atoms with Gasteiger partial charge in [0.2, 0.25) is 0 Å². The van der Waals surface area contributed by atoms with Crippen molar-refractivity contribution in [1.29, 1.82) is 0 Å². The molecule has 0 amide bonds. The van der Waals surface area contributed by atoms with Gasteiger partial charge in [0.25, 0.3) is 6.43 Å². The van der Waals surface area contributed by atoms with Crippen molar-refractivity contribution in [3.63, 3.8) is 0 Å². The van der Waals surface area contributed by atoms with Crippen LogP contribution in [0.2, 0.25) is 0 Å². The molecule has 0 saturated heterocycles. The topological polar surface area (TPSA) is 63.6 Å². The van der Waals surface area contributed by atoms with Gasteiger partial charge in [0.05, 0.1) is 11.7 Å². The van der Waals surface area contributed by atoms with Gasteiger partial charge in [0.1, 0.15) is 11.5 Å². The molecule has 0 aromatic carbocycles. The van der Waals surface area contributed by atoms with Gasteiger partial charge in [-0.1, -0.05) is 0 Å². The van der Waals surface area contributed by atoms with Crippen LogP contribution in [0.4, 0.5) is 8.78 Å². The number of rotatable bonds is 5. The Bertz CT molecular complexity index is 503. The fraction of sp³-hybridized carbons (Fsp3) is 0.333. The number of hydrogen-bond donors (Lipinski definition) is 1. The van der Waals surface area contributed by atoms with E-state index in [9.17, 15) is 8.78 Å². The monoisotopic (exact) mass is 265 g/mol. The number of hydrogen-bond acceptors (Lipinski definition) is 5. The van der Waals surface area contributed by atoms with E-state index in [1.54, 1.807) is 18.5 Å². The zero-order chi connectivity index (χ0) is 13.7. The smallest absolute Gasteiger partial charge is 0.282 e. The molecule has 0 bridgehead atoms. The molecular formula is C12H13F2N5. The Morgan fingerprint density at radius 2 is 1.89 bits per heavy atom.